The van der Waals surface area contributed by atoms with Gasteiger partial charge in [-0.3, -0.25) is 9.59 Å². The molecule has 2 N–H and O–H groups in total. The van der Waals surface area contributed by atoms with Gasteiger partial charge in [-0.15, -0.1) is 0 Å². The first kappa shape index (κ1) is 27.6. The Hall–Kier alpha value is -0.940. The van der Waals surface area contributed by atoms with Crippen LogP contribution in [0.1, 0.15) is 120 Å². The summed E-state index contributed by atoms with van der Waals surface area (Å²) in [7, 11) is 0. The van der Waals surface area contributed by atoms with E-state index in [0.717, 1.165) is 19.3 Å². The lowest BCUT2D eigenvalue weighted by Crippen LogP contribution is -2.74. The summed E-state index contributed by atoms with van der Waals surface area (Å²) < 4.78 is 5.45. The van der Waals surface area contributed by atoms with Crippen molar-refractivity contribution in [2.24, 2.45) is 56.2 Å². The SMILES string of the molecule is CC(=O)O[C@@]1(O)C(O)C[C@@]2(C)C(CC(=O)[C@]3(C)[C@@H]2CC[C@@H]2[C@H]4CC(C)(C)CC[C@]4(C)CC[C@]23C)C1(C)C. The third kappa shape index (κ3) is 3.34. The van der Waals surface area contributed by atoms with Gasteiger partial charge in [-0.1, -0.05) is 55.4 Å². The fourth-order valence-electron chi connectivity index (χ4n) is 11.5. The van der Waals surface area contributed by atoms with Crippen LogP contribution < -0.4 is 0 Å². The van der Waals surface area contributed by atoms with E-state index in [1.807, 2.05) is 13.8 Å². The van der Waals surface area contributed by atoms with E-state index in [2.05, 4.69) is 41.5 Å². The van der Waals surface area contributed by atoms with Gasteiger partial charge >= 0.3 is 5.97 Å². The predicted octanol–water partition coefficient (Wildman–Crippen LogP) is 6.29. The summed E-state index contributed by atoms with van der Waals surface area (Å²) in [6, 6.07) is 0. The lowest BCUT2D eigenvalue weighted by Gasteiger charge is -2.73. The highest BCUT2D eigenvalue weighted by atomic mass is 16.7. The molecule has 5 saturated carbocycles. The molecule has 210 valence electrons. The molecule has 0 aromatic heterocycles. The fraction of sp³-hybridized carbons (Fsp3) is 0.938. The Balaban J connectivity index is 1.57. The van der Waals surface area contributed by atoms with Crippen LogP contribution in [0.2, 0.25) is 0 Å². The summed E-state index contributed by atoms with van der Waals surface area (Å²) in [6.07, 6.45) is 7.75. The van der Waals surface area contributed by atoms with Gasteiger partial charge in [0.1, 0.15) is 11.9 Å². The van der Waals surface area contributed by atoms with E-state index < -0.39 is 28.7 Å². The van der Waals surface area contributed by atoms with Crippen LogP contribution in [0.25, 0.3) is 0 Å². The third-order valence-corrected chi connectivity index (χ3v) is 13.9. The van der Waals surface area contributed by atoms with E-state index in [1.165, 1.54) is 32.6 Å². The number of ether oxygens (including phenoxy) is 1. The summed E-state index contributed by atoms with van der Waals surface area (Å²) in [5.41, 5.74) is -1.10. The minimum atomic E-state index is -2.00. The molecule has 0 radical (unpaired) electrons. The number of ketones is 1. The van der Waals surface area contributed by atoms with Crippen molar-refractivity contribution in [2.75, 3.05) is 0 Å². The number of fused-ring (bicyclic) bond motifs is 7. The molecular weight excluding hydrogens is 464 g/mol. The number of carbonyl (C=O) groups excluding carboxylic acids is 2. The summed E-state index contributed by atoms with van der Waals surface area (Å²) in [5, 5.41) is 23.0. The van der Waals surface area contributed by atoms with E-state index in [0.29, 0.717) is 41.3 Å². The monoisotopic (exact) mass is 516 g/mol. The van der Waals surface area contributed by atoms with Crippen molar-refractivity contribution in [3.8, 4) is 0 Å². The van der Waals surface area contributed by atoms with Crippen molar-refractivity contribution in [3.63, 3.8) is 0 Å². The lowest BCUT2D eigenvalue weighted by atomic mass is 9.31. The van der Waals surface area contributed by atoms with Crippen molar-refractivity contribution in [1.29, 1.82) is 0 Å². The van der Waals surface area contributed by atoms with Crippen molar-refractivity contribution >= 4 is 11.8 Å². The number of aliphatic hydroxyl groups is 2. The zero-order valence-electron chi connectivity index (χ0n) is 24.9. The average molecular weight is 517 g/mol. The molecule has 5 heteroatoms. The van der Waals surface area contributed by atoms with Crippen LogP contribution in [0.3, 0.4) is 0 Å². The number of hydrogen-bond acceptors (Lipinski definition) is 5. The molecule has 5 nitrogen and oxygen atoms in total. The smallest absolute Gasteiger partial charge is 0.305 e. The highest BCUT2D eigenvalue weighted by Gasteiger charge is 2.75. The number of aliphatic hydroxyl groups excluding tert-OH is 1. The standard InChI is InChI=1S/C32H52O5/c1-19(33)37-32(36)25(35)18-29(7)22-11-10-20-21-17-26(2,3)12-13-28(21,6)14-15-30(20,8)31(22,9)24(34)16-23(29)27(32,4)5/h20-23,25,35-36H,10-18H2,1-9H3/t20-,21-,22-,23?,25?,28-,29-,30-,31+,32+/m1/s1. The van der Waals surface area contributed by atoms with Crippen molar-refractivity contribution < 1.29 is 24.5 Å². The highest BCUT2D eigenvalue weighted by Crippen LogP contribution is 2.76. The molecule has 0 aromatic rings. The molecule has 0 spiro atoms. The first-order chi connectivity index (χ1) is 16.8. The van der Waals surface area contributed by atoms with Gasteiger partial charge in [0.2, 0.25) is 5.79 Å². The Morgan fingerprint density at radius 3 is 2.11 bits per heavy atom. The van der Waals surface area contributed by atoms with Crippen LogP contribution in [-0.2, 0) is 14.3 Å². The molecule has 10 atom stereocenters. The van der Waals surface area contributed by atoms with Gasteiger partial charge in [0.05, 0.1) is 0 Å². The van der Waals surface area contributed by atoms with Crippen LogP contribution >= 0.6 is 0 Å². The normalized spacial score (nSPS) is 54.2. The first-order valence-electron chi connectivity index (χ1n) is 14.9. The summed E-state index contributed by atoms with van der Waals surface area (Å²) in [6.45, 7) is 19.4. The molecular formula is C32H52O5. The Bertz CT molecular complexity index is 1000. The Labute approximate surface area is 224 Å². The maximum absolute atomic E-state index is 14.5. The maximum atomic E-state index is 14.5. The van der Waals surface area contributed by atoms with Crippen LogP contribution in [0, 0.1) is 56.2 Å². The Morgan fingerprint density at radius 2 is 1.49 bits per heavy atom. The molecule has 0 amide bonds. The highest BCUT2D eigenvalue weighted by molar-refractivity contribution is 5.87. The van der Waals surface area contributed by atoms with Crippen molar-refractivity contribution in [1.82, 2.24) is 0 Å². The Kier molecular flexibility index (Phi) is 5.85. The molecule has 0 saturated heterocycles. The number of esters is 1. The number of rotatable bonds is 1. The second-order valence-corrected chi connectivity index (χ2v) is 16.4. The zero-order chi connectivity index (χ0) is 27.6. The minimum absolute atomic E-state index is 0.0721. The summed E-state index contributed by atoms with van der Waals surface area (Å²) in [4.78, 5) is 26.5. The number of Topliss-reactive ketones (excluding diaryl/α,β-unsaturated/α-hetero) is 1. The first-order valence-corrected chi connectivity index (χ1v) is 14.9. The molecule has 5 aliphatic carbocycles. The van der Waals surface area contributed by atoms with Gasteiger partial charge in [0, 0.05) is 24.2 Å². The second-order valence-electron chi connectivity index (χ2n) is 16.4. The lowest BCUT2D eigenvalue weighted by molar-refractivity contribution is -0.352. The van der Waals surface area contributed by atoms with Gasteiger partial charge in [0.15, 0.2) is 0 Å². The molecule has 37 heavy (non-hydrogen) atoms. The van der Waals surface area contributed by atoms with E-state index >= 15 is 0 Å². The van der Waals surface area contributed by atoms with Crippen molar-refractivity contribution in [3.05, 3.63) is 0 Å². The molecule has 0 bridgehead atoms. The van der Waals surface area contributed by atoms with Crippen LogP contribution in [0.5, 0.6) is 0 Å². The Morgan fingerprint density at radius 1 is 0.865 bits per heavy atom. The summed E-state index contributed by atoms with van der Waals surface area (Å²) >= 11 is 0. The molecule has 5 aliphatic rings. The minimum Gasteiger partial charge on any atom is -0.430 e. The largest absolute Gasteiger partial charge is 0.430 e. The van der Waals surface area contributed by atoms with Crippen molar-refractivity contribution in [2.45, 2.75) is 132 Å². The number of carbonyl (C=O) groups is 2. The van der Waals surface area contributed by atoms with Crippen LogP contribution in [-0.4, -0.2) is 33.9 Å². The van der Waals surface area contributed by atoms with Crippen LogP contribution in [0.15, 0.2) is 0 Å². The molecule has 2 unspecified atom stereocenters. The molecule has 0 aliphatic heterocycles. The molecule has 5 fully saturated rings. The fourth-order valence-corrected chi connectivity index (χ4v) is 11.5. The zero-order valence-corrected chi connectivity index (χ0v) is 24.9. The van der Waals surface area contributed by atoms with E-state index in [4.69, 9.17) is 4.74 Å². The summed E-state index contributed by atoms with van der Waals surface area (Å²) in [5.74, 6) is -1.16. The maximum Gasteiger partial charge on any atom is 0.305 e. The topological polar surface area (TPSA) is 83.8 Å². The van der Waals surface area contributed by atoms with E-state index in [-0.39, 0.29) is 22.7 Å². The van der Waals surface area contributed by atoms with Gasteiger partial charge in [-0.05, 0) is 96.7 Å². The molecule has 0 heterocycles. The number of hydrogen-bond donors (Lipinski definition) is 2. The third-order valence-electron chi connectivity index (χ3n) is 13.9. The average Bonchev–Trinajstić information content (AvgIpc) is 2.76. The van der Waals surface area contributed by atoms with E-state index in [9.17, 15) is 19.8 Å². The van der Waals surface area contributed by atoms with Gasteiger partial charge in [-0.2, -0.15) is 0 Å². The van der Waals surface area contributed by atoms with Gasteiger partial charge < -0.3 is 14.9 Å². The molecule has 5 rings (SSSR count). The van der Waals surface area contributed by atoms with Gasteiger partial charge in [-0.25, -0.2) is 0 Å². The van der Waals surface area contributed by atoms with Crippen LogP contribution in [0.4, 0.5) is 0 Å². The second kappa shape index (κ2) is 7.83. The quantitative estimate of drug-likeness (QED) is 0.316. The van der Waals surface area contributed by atoms with Gasteiger partial charge in [0.25, 0.3) is 0 Å². The van der Waals surface area contributed by atoms with E-state index in [1.54, 1.807) is 0 Å². The predicted molar refractivity (Wildman–Crippen MR) is 143 cm³/mol. The molecule has 0 aromatic carbocycles.